The van der Waals surface area contributed by atoms with Gasteiger partial charge in [-0.2, -0.15) is 4.98 Å². The summed E-state index contributed by atoms with van der Waals surface area (Å²) in [6.07, 6.45) is 0. The van der Waals surface area contributed by atoms with Crippen LogP contribution in [0, 0.1) is 6.92 Å². The van der Waals surface area contributed by atoms with Crippen molar-refractivity contribution in [1.82, 2.24) is 10.1 Å². The summed E-state index contributed by atoms with van der Waals surface area (Å²) in [5.74, 6) is 2.11. The molecule has 4 rings (SSSR count). The van der Waals surface area contributed by atoms with Gasteiger partial charge in [0.05, 0.1) is 7.11 Å². The number of fused-ring (bicyclic) bond motifs is 1. The Morgan fingerprint density at radius 1 is 1.04 bits per heavy atom. The molecule has 136 valence electrons. The minimum absolute atomic E-state index is 0.126. The van der Waals surface area contributed by atoms with Crippen LogP contribution in [0.2, 0.25) is 0 Å². The van der Waals surface area contributed by atoms with Gasteiger partial charge in [0.1, 0.15) is 17.1 Å². The maximum atomic E-state index is 11.5. The van der Waals surface area contributed by atoms with E-state index in [1.807, 2.05) is 37.3 Å². The summed E-state index contributed by atoms with van der Waals surface area (Å²) in [5.41, 5.74) is 1.73. The summed E-state index contributed by atoms with van der Waals surface area (Å²) in [6.45, 7) is 1.99. The Bertz CT molecular complexity index is 1150. The van der Waals surface area contributed by atoms with Crippen molar-refractivity contribution in [3.8, 4) is 23.0 Å². The molecule has 0 saturated heterocycles. The molecular formula is C20H16N2O5. The molecule has 0 atom stereocenters. The molecule has 7 heteroatoms. The molecule has 0 saturated carbocycles. The summed E-state index contributed by atoms with van der Waals surface area (Å²) in [6, 6.07) is 14.1. The second kappa shape index (κ2) is 6.95. The smallest absolute Gasteiger partial charge is 0.336 e. The standard InChI is InChI=1S/C20H16N2O5/c1-12-9-19(23)26-17-10-15(7-8-16(12)17)25-11-18-21-20(27-22-18)13-3-5-14(24-2)6-4-13/h3-10H,11H2,1-2H3. The molecule has 2 aromatic heterocycles. The maximum absolute atomic E-state index is 11.5. The third-order valence-corrected chi connectivity index (χ3v) is 4.10. The third kappa shape index (κ3) is 3.52. The van der Waals surface area contributed by atoms with Crippen LogP contribution < -0.4 is 15.1 Å². The van der Waals surface area contributed by atoms with Crippen molar-refractivity contribution in [3.63, 3.8) is 0 Å². The Morgan fingerprint density at radius 3 is 2.59 bits per heavy atom. The van der Waals surface area contributed by atoms with E-state index in [1.54, 1.807) is 19.2 Å². The van der Waals surface area contributed by atoms with Gasteiger partial charge in [0.25, 0.3) is 5.89 Å². The van der Waals surface area contributed by atoms with Crippen LogP contribution in [0.3, 0.4) is 0 Å². The average molecular weight is 364 g/mol. The molecule has 0 aliphatic rings. The summed E-state index contributed by atoms with van der Waals surface area (Å²) in [5, 5.41) is 4.79. The number of benzene rings is 2. The van der Waals surface area contributed by atoms with E-state index in [2.05, 4.69) is 10.1 Å². The van der Waals surface area contributed by atoms with Crippen molar-refractivity contribution in [1.29, 1.82) is 0 Å². The second-order valence-corrected chi connectivity index (χ2v) is 5.94. The fourth-order valence-electron chi connectivity index (χ4n) is 2.71. The Labute approximate surface area is 154 Å². The largest absolute Gasteiger partial charge is 0.497 e. The van der Waals surface area contributed by atoms with Crippen LogP contribution >= 0.6 is 0 Å². The Kier molecular flexibility index (Phi) is 4.33. The molecule has 2 aromatic carbocycles. The Morgan fingerprint density at radius 2 is 1.81 bits per heavy atom. The summed E-state index contributed by atoms with van der Waals surface area (Å²) in [7, 11) is 1.61. The highest BCUT2D eigenvalue weighted by Gasteiger charge is 2.10. The number of hydrogen-bond acceptors (Lipinski definition) is 7. The van der Waals surface area contributed by atoms with E-state index < -0.39 is 0 Å². The van der Waals surface area contributed by atoms with E-state index in [-0.39, 0.29) is 12.2 Å². The number of ether oxygens (including phenoxy) is 2. The molecule has 0 radical (unpaired) electrons. The highest BCUT2D eigenvalue weighted by atomic mass is 16.5. The molecule has 2 heterocycles. The lowest BCUT2D eigenvalue weighted by Crippen LogP contribution is -2.00. The van der Waals surface area contributed by atoms with E-state index in [1.165, 1.54) is 6.07 Å². The molecule has 0 bridgehead atoms. The van der Waals surface area contributed by atoms with Crippen LogP contribution in [0.5, 0.6) is 11.5 Å². The average Bonchev–Trinajstić information content (AvgIpc) is 3.15. The first-order valence-electron chi connectivity index (χ1n) is 8.27. The molecule has 0 fully saturated rings. The lowest BCUT2D eigenvalue weighted by atomic mass is 10.1. The van der Waals surface area contributed by atoms with Gasteiger partial charge in [0, 0.05) is 23.1 Å². The van der Waals surface area contributed by atoms with Crippen LogP contribution in [0.25, 0.3) is 22.4 Å². The van der Waals surface area contributed by atoms with Gasteiger partial charge < -0.3 is 18.4 Å². The van der Waals surface area contributed by atoms with Crippen molar-refractivity contribution in [2.75, 3.05) is 7.11 Å². The minimum Gasteiger partial charge on any atom is -0.497 e. The van der Waals surface area contributed by atoms with Gasteiger partial charge >= 0.3 is 5.63 Å². The first-order chi connectivity index (χ1) is 13.1. The van der Waals surface area contributed by atoms with Crippen molar-refractivity contribution < 1.29 is 18.4 Å². The van der Waals surface area contributed by atoms with Gasteiger partial charge in [0.2, 0.25) is 5.82 Å². The van der Waals surface area contributed by atoms with Crippen molar-refractivity contribution >= 4 is 11.0 Å². The third-order valence-electron chi connectivity index (χ3n) is 4.10. The number of aromatic nitrogens is 2. The lowest BCUT2D eigenvalue weighted by molar-refractivity contribution is 0.287. The molecule has 27 heavy (non-hydrogen) atoms. The maximum Gasteiger partial charge on any atom is 0.336 e. The quantitative estimate of drug-likeness (QED) is 0.499. The molecule has 0 spiro atoms. The number of rotatable bonds is 5. The summed E-state index contributed by atoms with van der Waals surface area (Å²) in [4.78, 5) is 15.8. The normalized spacial score (nSPS) is 10.9. The molecule has 7 nitrogen and oxygen atoms in total. The highest BCUT2D eigenvalue weighted by molar-refractivity contribution is 5.81. The first-order valence-corrected chi connectivity index (χ1v) is 8.27. The minimum atomic E-state index is -0.389. The van der Waals surface area contributed by atoms with Crippen LogP contribution in [-0.4, -0.2) is 17.3 Å². The fourth-order valence-corrected chi connectivity index (χ4v) is 2.71. The van der Waals surface area contributed by atoms with Gasteiger partial charge in [-0.05, 0) is 48.9 Å². The highest BCUT2D eigenvalue weighted by Crippen LogP contribution is 2.24. The van der Waals surface area contributed by atoms with E-state index in [4.69, 9.17) is 18.4 Å². The zero-order valence-electron chi connectivity index (χ0n) is 14.8. The van der Waals surface area contributed by atoms with E-state index in [0.29, 0.717) is 23.0 Å². The first kappa shape index (κ1) is 16.8. The molecule has 0 aliphatic heterocycles. The van der Waals surface area contributed by atoms with E-state index in [9.17, 15) is 4.79 Å². The summed E-state index contributed by atoms with van der Waals surface area (Å²) >= 11 is 0. The number of nitrogens with zero attached hydrogens (tertiary/aromatic N) is 2. The van der Waals surface area contributed by atoms with Gasteiger partial charge in [-0.3, -0.25) is 0 Å². The summed E-state index contributed by atoms with van der Waals surface area (Å²) < 4.78 is 21.3. The molecule has 0 unspecified atom stereocenters. The molecule has 0 N–H and O–H groups in total. The zero-order valence-corrected chi connectivity index (χ0v) is 14.8. The van der Waals surface area contributed by atoms with Crippen molar-refractivity contribution in [3.05, 3.63) is 70.3 Å². The topological polar surface area (TPSA) is 87.6 Å². The van der Waals surface area contributed by atoms with Crippen LogP contribution in [-0.2, 0) is 6.61 Å². The van der Waals surface area contributed by atoms with Gasteiger partial charge in [-0.1, -0.05) is 5.16 Å². The molecule has 0 amide bonds. The Balaban J connectivity index is 1.49. The van der Waals surface area contributed by atoms with E-state index >= 15 is 0 Å². The molecular weight excluding hydrogens is 348 g/mol. The number of methoxy groups -OCH3 is 1. The SMILES string of the molecule is COc1ccc(-c2nc(COc3ccc4c(C)cc(=O)oc4c3)no2)cc1. The van der Waals surface area contributed by atoms with Gasteiger partial charge in [-0.15, -0.1) is 0 Å². The number of aryl methyl sites for hydroxylation is 1. The van der Waals surface area contributed by atoms with Crippen LogP contribution in [0.4, 0.5) is 0 Å². The van der Waals surface area contributed by atoms with Gasteiger partial charge in [-0.25, -0.2) is 4.79 Å². The second-order valence-electron chi connectivity index (χ2n) is 5.94. The number of hydrogen-bond donors (Lipinski definition) is 0. The Hall–Kier alpha value is -3.61. The predicted octanol–water partition coefficient (Wildman–Crippen LogP) is 3.74. The van der Waals surface area contributed by atoms with Crippen molar-refractivity contribution in [2.24, 2.45) is 0 Å². The molecule has 0 aliphatic carbocycles. The fraction of sp³-hybridized carbons (Fsp3) is 0.150. The van der Waals surface area contributed by atoms with Crippen molar-refractivity contribution in [2.45, 2.75) is 13.5 Å². The van der Waals surface area contributed by atoms with E-state index in [0.717, 1.165) is 22.3 Å². The van der Waals surface area contributed by atoms with Crippen LogP contribution in [0.15, 0.2) is 62.3 Å². The lowest BCUT2D eigenvalue weighted by Gasteiger charge is -2.05. The monoisotopic (exact) mass is 364 g/mol. The zero-order chi connectivity index (χ0) is 18.8. The van der Waals surface area contributed by atoms with Gasteiger partial charge in [0.15, 0.2) is 6.61 Å². The van der Waals surface area contributed by atoms with Crippen LogP contribution in [0.1, 0.15) is 11.4 Å². The molecule has 4 aromatic rings. The predicted molar refractivity (Wildman–Crippen MR) is 97.8 cm³/mol.